The number of hydrogen-bond donors (Lipinski definition) is 2. The summed E-state index contributed by atoms with van der Waals surface area (Å²) in [5, 5.41) is 22.0. The van der Waals surface area contributed by atoms with Gasteiger partial charge in [0.1, 0.15) is 11.9 Å². The van der Waals surface area contributed by atoms with E-state index in [1.807, 2.05) is 6.07 Å². The van der Waals surface area contributed by atoms with Crippen LogP contribution >= 0.6 is 0 Å². The normalized spacial score (nSPS) is 16.5. The van der Waals surface area contributed by atoms with Gasteiger partial charge in [0.25, 0.3) is 0 Å². The first-order valence-corrected chi connectivity index (χ1v) is 7.10. The number of carbonyl (C=O) groups is 1. The van der Waals surface area contributed by atoms with Crippen molar-refractivity contribution in [3.8, 4) is 6.07 Å². The first-order chi connectivity index (χ1) is 10.6. The lowest BCUT2D eigenvalue weighted by atomic mass is 10.1. The fourth-order valence-electron chi connectivity index (χ4n) is 2.68. The SMILES string of the molecule is CN1CCC(Nc2cc3cc(C#N)oc3c(C(=O)O)n2)CC1. The Labute approximate surface area is 127 Å². The zero-order valence-corrected chi connectivity index (χ0v) is 12.2. The fourth-order valence-corrected chi connectivity index (χ4v) is 2.68. The second-order valence-electron chi connectivity index (χ2n) is 5.52. The van der Waals surface area contributed by atoms with E-state index in [2.05, 4.69) is 22.2 Å². The van der Waals surface area contributed by atoms with Crippen molar-refractivity contribution < 1.29 is 14.3 Å². The number of anilines is 1. The molecule has 1 aliphatic heterocycles. The van der Waals surface area contributed by atoms with Gasteiger partial charge in [0, 0.05) is 17.5 Å². The number of carboxylic acid groups (broad SMARTS) is 1. The summed E-state index contributed by atoms with van der Waals surface area (Å²) < 4.78 is 5.23. The first-order valence-electron chi connectivity index (χ1n) is 7.10. The number of fused-ring (bicyclic) bond motifs is 1. The van der Waals surface area contributed by atoms with Crippen molar-refractivity contribution in [2.24, 2.45) is 0 Å². The number of nitrogens with zero attached hydrogens (tertiary/aromatic N) is 3. The number of pyridine rings is 1. The average molecular weight is 300 g/mol. The van der Waals surface area contributed by atoms with E-state index in [-0.39, 0.29) is 23.1 Å². The molecule has 0 bridgehead atoms. The summed E-state index contributed by atoms with van der Waals surface area (Å²) in [6, 6.07) is 5.40. The largest absolute Gasteiger partial charge is 0.476 e. The van der Waals surface area contributed by atoms with Gasteiger partial charge in [-0.15, -0.1) is 0 Å². The van der Waals surface area contributed by atoms with Crippen molar-refractivity contribution in [2.75, 3.05) is 25.5 Å². The predicted octanol–water partition coefficient (Wildman–Crippen LogP) is 1.90. The van der Waals surface area contributed by atoms with Crippen molar-refractivity contribution in [1.29, 1.82) is 5.26 Å². The third-order valence-electron chi connectivity index (χ3n) is 3.88. The number of rotatable bonds is 3. The third-order valence-corrected chi connectivity index (χ3v) is 3.88. The Balaban J connectivity index is 1.93. The highest BCUT2D eigenvalue weighted by atomic mass is 16.4. The standard InChI is InChI=1S/C15H16N4O3/c1-19-4-2-10(3-5-19)17-12-7-9-6-11(8-16)22-14(9)13(18-12)15(20)21/h6-7,10H,2-5H2,1H3,(H,17,18)(H,20,21). The zero-order valence-electron chi connectivity index (χ0n) is 12.2. The van der Waals surface area contributed by atoms with Gasteiger partial charge in [0.2, 0.25) is 5.76 Å². The number of nitrogens with one attached hydrogen (secondary N) is 1. The maximum atomic E-state index is 11.4. The molecule has 0 aromatic carbocycles. The Morgan fingerprint density at radius 3 is 2.86 bits per heavy atom. The van der Waals surface area contributed by atoms with E-state index in [4.69, 9.17) is 9.68 Å². The van der Waals surface area contributed by atoms with E-state index in [1.165, 1.54) is 6.07 Å². The van der Waals surface area contributed by atoms with E-state index < -0.39 is 5.97 Å². The van der Waals surface area contributed by atoms with Crippen molar-refractivity contribution in [1.82, 2.24) is 9.88 Å². The van der Waals surface area contributed by atoms with Crippen molar-refractivity contribution in [2.45, 2.75) is 18.9 Å². The van der Waals surface area contributed by atoms with E-state index >= 15 is 0 Å². The lowest BCUT2D eigenvalue weighted by Gasteiger charge is -2.29. The van der Waals surface area contributed by atoms with Gasteiger partial charge in [0.15, 0.2) is 11.3 Å². The van der Waals surface area contributed by atoms with Crippen LogP contribution in [0.5, 0.6) is 0 Å². The summed E-state index contributed by atoms with van der Waals surface area (Å²) in [7, 11) is 2.08. The van der Waals surface area contributed by atoms with Crippen LogP contribution < -0.4 is 5.32 Å². The molecular weight excluding hydrogens is 284 g/mol. The molecule has 1 aliphatic rings. The van der Waals surface area contributed by atoms with Crippen LogP contribution in [-0.4, -0.2) is 47.1 Å². The Kier molecular flexibility index (Phi) is 3.69. The molecule has 22 heavy (non-hydrogen) atoms. The van der Waals surface area contributed by atoms with E-state index in [9.17, 15) is 9.90 Å². The minimum atomic E-state index is -1.17. The number of hydrogen-bond acceptors (Lipinski definition) is 6. The Hall–Kier alpha value is -2.59. The highest BCUT2D eigenvalue weighted by Crippen LogP contribution is 2.26. The molecule has 0 aliphatic carbocycles. The highest BCUT2D eigenvalue weighted by molar-refractivity contribution is 6.00. The van der Waals surface area contributed by atoms with Crippen LogP contribution in [0.4, 0.5) is 5.82 Å². The molecule has 0 spiro atoms. The Morgan fingerprint density at radius 2 is 2.23 bits per heavy atom. The first kappa shape index (κ1) is 14.4. The quantitative estimate of drug-likeness (QED) is 0.892. The van der Waals surface area contributed by atoms with Gasteiger partial charge in [-0.1, -0.05) is 0 Å². The lowest BCUT2D eigenvalue weighted by molar-refractivity contribution is 0.0691. The van der Waals surface area contributed by atoms with E-state index in [0.29, 0.717) is 11.2 Å². The molecule has 0 unspecified atom stereocenters. The molecule has 3 heterocycles. The van der Waals surface area contributed by atoms with Crippen molar-refractivity contribution >= 4 is 22.8 Å². The van der Waals surface area contributed by atoms with Crippen LogP contribution in [0.25, 0.3) is 11.0 Å². The minimum Gasteiger partial charge on any atom is -0.476 e. The van der Waals surface area contributed by atoms with E-state index in [0.717, 1.165) is 25.9 Å². The molecule has 114 valence electrons. The summed E-state index contributed by atoms with van der Waals surface area (Å²) >= 11 is 0. The van der Waals surface area contributed by atoms with Gasteiger partial charge in [-0.05, 0) is 39.0 Å². The molecule has 2 N–H and O–H groups in total. The van der Waals surface area contributed by atoms with Crippen LogP contribution in [0.2, 0.25) is 0 Å². The minimum absolute atomic E-state index is 0.0794. The van der Waals surface area contributed by atoms with Gasteiger partial charge in [-0.2, -0.15) is 5.26 Å². The maximum Gasteiger partial charge on any atom is 0.358 e. The Bertz CT molecular complexity index is 754. The number of piperidine rings is 1. The molecule has 3 rings (SSSR count). The number of carboxylic acids is 1. The molecule has 0 atom stereocenters. The van der Waals surface area contributed by atoms with Gasteiger partial charge >= 0.3 is 5.97 Å². The van der Waals surface area contributed by atoms with Crippen LogP contribution in [-0.2, 0) is 0 Å². The molecule has 1 fully saturated rings. The number of nitriles is 1. The van der Waals surface area contributed by atoms with Crippen LogP contribution in [0.1, 0.15) is 29.1 Å². The van der Waals surface area contributed by atoms with Gasteiger partial charge in [0.05, 0.1) is 0 Å². The smallest absolute Gasteiger partial charge is 0.358 e. The van der Waals surface area contributed by atoms with Gasteiger partial charge < -0.3 is 19.7 Å². The molecule has 2 aromatic heterocycles. The molecule has 0 saturated carbocycles. The van der Waals surface area contributed by atoms with Crippen LogP contribution in [0, 0.1) is 11.3 Å². The monoisotopic (exact) mass is 300 g/mol. The third kappa shape index (κ3) is 2.73. The van der Waals surface area contributed by atoms with Crippen molar-refractivity contribution in [3.63, 3.8) is 0 Å². The van der Waals surface area contributed by atoms with Crippen molar-refractivity contribution in [3.05, 3.63) is 23.6 Å². The highest BCUT2D eigenvalue weighted by Gasteiger charge is 2.20. The predicted molar refractivity (Wildman–Crippen MR) is 79.8 cm³/mol. The lowest BCUT2D eigenvalue weighted by Crippen LogP contribution is -2.36. The summed E-state index contributed by atoms with van der Waals surface area (Å²) in [5.74, 6) is -0.587. The summed E-state index contributed by atoms with van der Waals surface area (Å²) in [6.45, 7) is 1.99. The summed E-state index contributed by atoms with van der Waals surface area (Å²) in [6.07, 6.45) is 1.96. The van der Waals surface area contributed by atoms with Crippen LogP contribution in [0.15, 0.2) is 16.5 Å². The Morgan fingerprint density at radius 1 is 1.50 bits per heavy atom. The number of aromatic nitrogens is 1. The second-order valence-corrected chi connectivity index (χ2v) is 5.52. The fraction of sp³-hybridized carbons (Fsp3) is 0.400. The summed E-state index contributed by atoms with van der Waals surface area (Å²) in [4.78, 5) is 17.8. The number of furan rings is 1. The molecular formula is C15H16N4O3. The molecule has 2 aromatic rings. The average Bonchev–Trinajstić information content (AvgIpc) is 2.91. The molecule has 7 nitrogen and oxygen atoms in total. The zero-order chi connectivity index (χ0) is 15.7. The van der Waals surface area contributed by atoms with Gasteiger partial charge in [-0.25, -0.2) is 9.78 Å². The van der Waals surface area contributed by atoms with Crippen LogP contribution in [0.3, 0.4) is 0 Å². The molecule has 0 radical (unpaired) electrons. The molecule has 7 heteroatoms. The molecule has 0 amide bonds. The topological polar surface area (TPSA) is 102 Å². The number of aromatic carboxylic acids is 1. The number of likely N-dealkylation sites (tertiary alicyclic amines) is 1. The summed E-state index contributed by atoms with van der Waals surface area (Å²) in [5.41, 5.74) is -0.0348. The maximum absolute atomic E-state index is 11.4. The van der Waals surface area contributed by atoms with Gasteiger partial charge in [-0.3, -0.25) is 0 Å². The second kappa shape index (κ2) is 5.66. The van der Waals surface area contributed by atoms with E-state index in [1.54, 1.807) is 6.07 Å². The molecule has 1 saturated heterocycles.